The molecule has 0 saturated carbocycles. The Morgan fingerprint density at radius 1 is 0.812 bits per heavy atom. The molecule has 2 N–H and O–H groups in total. The summed E-state index contributed by atoms with van der Waals surface area (Å²) in [6.07, 6.45) is 3.19. The van der Waals surface area contributed by atoms with E-state index < -0.39 is 0 Å². The minimum Gasteiger partial charge on any atom is -0.439 e. The quantitative estimate of drug-likeness (QED) is 0.336. The molecule has 0 unspecified atom stereocenters. The van der Waals surface area contributed by atoms with Crippen LogP contribution in [0, 0.1) is 6.92 Å². The van der Waals surface area contributed by atoms with Gasteiger partial charge in [-0.15, -0.1) is 0 Å². The first-order chi connectivity index (χ1) is 15.8. The van der Waals surface area contributed by atoms with Crippen LogP contribution in [0.15, 0.2) is 61.1 Å². The van der Waals surface area contributed by atoms with Crippen molar-refractivity contribution in [3.63, 3.8) is 0 Å². The normalized spacial score (nSPS) is 8.78. The number of anilines is 2. The van der Waals surface area contributed by atoms with Crippen LogP contribution in [0.25, 0.3) is 11.0 Å². The van der Waals surface area contributed by atoms with Crippen molar-refractivity contribution in [3.8, 4) is 11.6 Å². The van der Waals surface area contributed by atoms with E-state index in [9.17, 15) is 0 Å². The van der Waals surface area contributed by atoms with E-state index in [-0.39, 0.29) is 0 Å². The minimum absolute atomic E-state index is 0.558. The van der Waals surface area contributed by atoms with Crippen LogP contribution in [0.2, 0.25) is 0 Å². The molecule has 0 atom stereocenters. The first-order valence-corrected chi connectivity index (χ1v) is 11.5. The predicted molar refractivity (Wildman–Crippen MR) is 138 cm³/mol. The standard InChI is InChI=1S/C18H15N5O.4C2H6/c1-12-10-19-11-20-17(12)24-14-8-6-13(7-9-14)21-18-22-15-4-2-3-5-16(15)23-18;4*1-2/h2-11H,1H3,(H2,21,22,23);4*1-2H3. The highest BCUT2D eigenvalue weighted by molar-refractivity contribution is 5.78. The maximum absolute atomic E-state index is 5.76. The van der Waals surface area contributed by atoms with Gasteiger partial charge in [-0.2, -0.15) is 0 Å². The fourth-order valence-electron chi connectivity index (χ4n) is 2.36. The average molecular weight is 438 g/mol. The van der Waals surface area contributed by atoms with Crippen LogP contribution < -0.4 is 10.1 Å². The topological polar surface area (TPSA) is 75.7 Å². The number of nitrogens with one attached hydrogen (secondary N) is 2. The van der Waals surface area contributed by atoms with Crippen LogP contribution in [0.1, 0.15) is 61.0 Å². The van der Waals surface area contributed by atoms with Crippen molar-refractivity contribution >= 4 is 22.7 Å². The molecular weight excluding hydrogens is 398 g/mol. The van der Waals surface area contributed by atoms with Gasteiger partial charge in [0.1, 0.15) is 12.1 Å². The molecule has 4 aromatic rings. The lowest BCUT2D eigenvalue weighted by molar-refractivity contribution is 0.457. The lowest BCUT2D eigenvalue weighted by Crippen LogP contribution is -1.94. The molecule has 0 fully saturated rings. The zero-order valence-electron chi connectivity index (χ0n) is 21.0. The number of aromatic amines is 1. The zero-order valence-corrected chi connectivity index (χ0v) is 21.0. The molecule has 2 heterocycles. The SMILES string of the molecule is CC.CC.CC.CC.Cc1cncnc1Oc1ccc(Nc2nc3ccccc3[nH]2)cc1. The van der Waals surface area contributed by atoms with Crippen LogP contribution in [0.4, 0.5) is 11.6 Å². The maximum Gasteiger partial charge on any atom is 0.225 e. The molecule has 0 aliphatic carbocycles. The molecular formula is C26H39N5O. The molecule has 6 heteroatoms. The van der Waals surface area contributed by atoms with Gasteiger partial charge >= 0.3 is 0 Å². The second kappa shape index (κ2) is 17.3. The van der Waals surface area contributed by atoms with E-state index in [1.807, 2.05) is 111 Å². The van der Waals surface area contributed by atoms with Crippen LogP contribution in [0.5, 0.6) is 11.6 Å². The number of rotatable bonds is 4. The van der Waals surface area contributed by atoms with Gasteiger partial charge in [0, 0.05) is 17.4 Å². The van der Waals surface area contributed by atoms with Crippen molar-refractivity contribution in [2.24, 2.45) is 0 Å². The van der Waals surface area contributed by atoms with Gasteiger partial charge in [-0.25, -0.2) is 15.0 Å². The van der Waals surface area contributed by atoms with Crippen molar-refractivity contribution in [2.75, 3.05) is 5.32 Å². The molecule has 0 radical (unpaired) electrons. The number of H-pyrrole nitrogens is 1. The molecule has 0 aliphatic heterocycles. The maximum atomic E-state index is 5.76. The lowest BCUT2D eigenvalue weighted by atomic mass is 10.3. The van der Waals surface area contributed by atoms with Crippen molar-refractivity contribution in [2.45, 2.75) is 62.3 Å². The van der Waals surface area contributed by atoms with Gasteiger partial charge in [0.15, 0.2) is 0 Å². The summed E-state index contributed by atoms with van der Waals surface area (Å²) < 4.78 is 5.76. The first kappa shape index (κ1) is 28.6. The van der Waals surface area contributed by atoms with E-state index in [0.29, 0.717) is 17.6 Å². The van der Waals surface area contributed by atoms with Gasteiger partial charge in [0.2, 0.25) is 11.8 Å². The summed E-state index contributed by atoms with van der Waals surface area (Å²) in [5, 5.41) is 3.25. The van der Waals surface area contributed by atoms with E-state index in [4.69, 9.17) is 4.74 Å². The smallest absolute Gasteiger partial charge is 0.225 e. The highest BCUT2D eigenvalue weighted by Gasteiger charge is 2.04. The Morgan fingerprint density at radius 3 is 2.03 bits per heavy atom. The van der Waals surface area contributed by atoms with Crippen molar-refractivity contribution in [1.29, 1.82) is 0 Å². The monoisotopic (exact) mass is 437 g/mol. The number of para-hydroxylation sites is 2. The fourth-order valence-corrected chi connectivity index (χ4v) is 2.36. The highest BCUT2D eigenvalue weighted by Crippen LogP contribution is 2.24. The highest BCUT2D eigenvalue weighted by atomic mass is 16.5. The Bertz CT molecular complexity index is 948. The third-order valence-electron chi connectivity index (χ3n) is 3.57. The Balaban J connectivity index is 0.00000109. The van der Waals surface area contributed by atoms with Crippen LogP contribution in [-0.4, -0.2) is 19.9 Å². The number of imidazole rings is 1. The van der Waals surface area contributed by atoms with Crippen molar-refractivity contribution in [1.82, 2.24) is 19.9 Å². The fraction of sp³-hybridized carbons (Fsp3) is 0.346. The molecule has 0 amide bonds. The number of hydrogen-bond donors (Lipinski definition) is 2. The van der Waals surface area contributed by atoms with Crippen molar-refractivity contribution in [3.05, 3.63) is 66.6 Å². The Morgan fingerprint density at radius 2 is 1.44 bits per heavy atom. The molecule has 2 aromatic heterocycles. The number of fused-ring (bicyclic) bond motifs is 1. The van der Waals surface area contributed by atoms with E-state index in [1.54, 1.807) is 6.20 Å². The molecule has 0 spiro atoms. The number of aromatic nitrogens is 4. The molecule has 0 aliphatic rings. The molecule has 0 bridgehead atoms. The summed E-state index contributed by atoms with van der Waals surface area (Å²) >= 11 is 0. The number of hydrogen-bond acceptors (Lipinski definition) is 5. The molecule has 4 rings (SSSR count). The summed E-state index contributed by atoms with van der Waals surface area (Å²) in [5.41, 5.74) is 3.74. The lowest BCUT2D eigenvalue weighted by Gasteiger charge is -2.08. The Hall–Kier alpha value is -3.41. The molecule has 0 saturated heterocycles. The molecule has 2 aromatic carbocycles. The van der Waals surface area contributed by atoms with E-state index in [1.165, 1.54) is 6.33 Å². The molecule has 6 nitrogen and oxygen atoms in total. The van der Waals surface area contributed by atoms with E-state index in [2.05, 4.69) is 25.3 Å². The summed E-state index contributed by atoms with van der Waals surface area (Å²) in [6, 6.07) is 15.5. The summed E-state index contributed by atoms with van der Waals surface area (Å²) in [6.45, 7) is 17.9. The van der Waals surface area contributed by atoms with Gasteiger partial charge in [-0.3, -0.25) is 0 Å². The minimum atomic E-state index is 0.558. The second-order valence-corrected chi connectivity index (χ2v) is 5.36. The largest absolute Gasteiger partial charge is 0.439 e. The number of nitrogens with zero attached hydrogens (tertiary/aromatic N) is 3. The van der Waals surface area contributed by atoms with Gasteiger partial charge in [0.25, 0.3) is 0 Å². The average Bonchev–Trinajstić information content (AvgIpc) is 3.29. The van der Waals surface area contributed by atoms with Crippen LogP contribution >= 0.6 is 0 Å². The third kappa shape index (κ3) is 8.76. The van der Waals surface area contributed by atoms with Crippen LogP contribution in [0.3, 0.4) is 0 Å². The number of benzene rings is 2. The second-order valence-electron chi connectivity index (χ2n) is 5.36. The van der Waals surface area contributed by atoms with Crippen molar-refractivity contribution < 1.29 is 4.74 Å². The van der Waals surface area contributed by atoms with Gasteiger partial charge < -0.3 is 15.0 Å². The van der Waals surface area contributed by atoms with Gasteiger partial charge in [-0.05, 0) is 43.3 Å². The number of ether oxygens (including phenoxy) is 1. The zero-order chi connectivity index (χ0) is 24.4. The summed E-state index contributed by atoms with van der Waals surface area (Å²) in [4.78, 5) is 15.8. The Labute approximate surface area is 193 Å². The number of aryl methyl sites for hydroxylation is 1. The summed E-state index contributed by atoms with van der Waals surface area (Å²) in [5.74, 6) is 1.98. The predicted octanol–water partition coefficient (Wildman–Crippen LogP) is 8.30. The van der Waals surface area contributed by atoms with Gasteiger partial charge in [-0.1, -0.05) is 67.5 Å². The Kier molecular flexibility index (Phi) is 15.4. The van der Waals surface area contributed by atoms with E-state index >= 15 is 0 Å². The van der Waals surface area contributed by atoms with Gasteiger partial charge in [0.05, 0.1) is 11.0 Å². The molecule has 174 valence electrons. The summed E-state index contributed by atoms with van der Waals surface area (Å²) in [7, 11) is 0. The molecule has 32 heavy (non-hydrogen) atoms. The third-order valence-corrected chi connectivity index (χ3v) is 3.57. The van der Waals surface area contributed by atoms with Crippen LogP contribution in [-0.2, 0) is 0 Å². The van der Waals surface area contributed by atoms with E-state index in [0.717, 1.165) is 22.3 Å². The first-order valence-electron chi connectivity index (χ1n) is 11.5.